The van der Waals surface area contributed by atoms with Crippen molar-refractivity contribution < 1.29 is 5.11 Å². The van der Waals surface area contributed by atoms with Gasteiger partial charge < -0.3 is 5.11 Å². The number of nitrogens with zero attached hydrogens (tertiary/aromatic N) is 1. The zero-order valence-electron chi connectivity index (χ0n) is 15.4. The van der Waals surface area contributed by atoms with E-state index in [2.05, 4.69) is 36.5 Å². The zero-order chi connectivity index (χ0) is 19.7. The zero-order valence-corrected chi connectivity index (χ0v) is 16.9. The molecule has 0 bridgehead atoms. The Morgan fingerprint density at radius 2 is 1.61 bits per heavy atom. The largest absolute Gasteiger partial charge is 0.508 e. The van der Waals surface area contributed by atoms with E-state index in [-0.39, 0.29) is 18.0 Å². The molecule has 142 valence electrons. The quantitative estimate of drug-likeness (QED) is 0.537. The van der Waals surface area contributed by atoms with Crippen LogP contribution in [0.3, 0.4) is 0 Å². The number of hydrogen-bond donors (Lipinski definition) is 2. The molecule has 2 N–H and O–H groups in total. The van der Waals surface area contributed by atoms with Gasteiger partial charge in [-0.25, -0.2) is 0 Å². The Morgan fingerprint density at radius 3 is 2.32 bits per heavy atom. The van der Waals surface area contributed by atoms with E-state index >= 15 is 0 Å². The second-order valence-corrected chi connectivity index (χ2v) is 7.90. The molecule has 3 aromatic carbocycles. The third kappa shape index (κ3) is 4.07. The minimum atomic E-state index is -0.245. The molecule has 2 unspecified atom stereocenters. The van der Waals surface area contributed by atoms with Crippen LogP contribution in [-0.4, -0.2) is 10.8 Å². The monoisotopic (exact) mass is 410 g/mol. The van der Waals surface area contributed by atoms with E-state index in [1.54, 1.807) is 12.1 Å². The Balaban J connectivity index is 1.76. The molecule has 1 aliphatic heterocycles. The summed E-state index contributed by atoms with van der Waals surface area (Å²) in [5.74, 6) is 0.224. The van der Waals surface area contributed by atoms with Crippen molar-refractivity contribution >= 4 is 28.9 Å². The molecule has 28 heavy (non-hydrogen) atoms. The second-order valence-electron chi connectivity index (χ2n) is 7.02. The maximum Gasteiger partial charge on any atom is 0.126 e. The van der Waals surface area contributed by atoms with Gasteiger partial charge in [-0.2, -0.15) is 0 Å². The molecule has 0 spiro atoms. The summed E-state index contributed by atoms with van der Waals surface area (Å²) in [6.07, 6.45) is 0.409. The van der Waals surface area contributed by atoms with Gasteiger partial charge in [0.05, 0.1) is 0 Å². The van der Waals surface area contributed by atoms with Crippen molar-refractivity contribution in [2.75, 3.05) is 0 Å². The molecule has 1 heterocycles. The average molecular weight is 411 g/mol. The number of aliphatic imine (C=N–C) groups is 1. The predicted molar refractivity (Wildman–Crippen MR) is 116 cm³/mol. The Bertz CT molecular complexity index is 1010. The number of hydrogen-bond acceptors (Lipinski definition) is 3. The van der Waals surface area contributed by atoms with Gasteiger partial charge in [0.1, 0.15) is 11.9 Å². The van der Waals surface area contributed by atoms with Gasteiger partial charge in [-0.1, -0.05) is 65.2 Å². The number of aromatic hydroxyl groups is 1. The van der Waals surface area contributed by atoms with Crippen LogP contribution in [0, 0.1) is 6.92 Å². The number of phenols is 1. The summed E-state index contributed by atoms with van der Waals surface area (Å²) in [7, 11) is 0. The summed E-state index contributed by atoms with van der Waals surface area (Å²) in [6.45, 7) is 2.07. The van der Waals surface area contributed by atoms with Gasteiger partial charge >= 0.3 is 0 Å². The first-order valence-electron chi connectivity index (χ1n) is 9.13. The fraction of sp³-hybridized carbons (Fsp3) is 0.174. The Labute approximate surface area is 174 Å². The van der Waals surface area contributed by atoms with Crippen LogP contribution in [0.2, 0.25) is 10.0 Å². The first-order valence-corrected chi connectivity index (χ1v) is 9.89. The van der Waals surface area contributed by atoms with Gasteiger partial charge in [0.25, 0.3) is 0 Å². The number of phenolic OH excluding ortho intramolecular Hbond substituents is 1. The van der Waals surface area contributed by atoms with E-state index in [0.29, 0.717) is 16.5 Å². The van der Waals surface area contributed by atoms with Crippen LogP contribution >= 0.6 is 23.2 Å². The van der Waals surface area contributed by atoms with Crippen LogP contribution in [0.15, 0.2) is 71.7 Å². The molecule has 0 aromatic heterocycles. The topological polar surface area (TPSA) is 44.6 Å². The van der Waals surface area contributed by atoms with Crippen LogP contribution in [0.5, 0.6) is 5.75 Å². The molecule has 1 aliphatic rings. The van der Waals surface area contributed by atoms with E-state index in [4.69, 9.17) is 28.2 Å². The number of halogens is 2. The van der Waals surface area contributed by atoms with E-state index in [0.717, 1.165) is 22.4 Å². The van der Waals surface area contributed by atoms with Crippen molar-refractivity contribution in [3.05, 3.63) is 99.0 Å². The van der Waals surface area contributed by atoms with Gasteiger partial charge in [0.15, 0.2) is 0 Å². The minimum Gasteiger partial charge on any atom is -0.508 e. The van der Waals surface area contributed by atoms with E-state index in [1.165, 1.54) is 5.56 Å². The number of benzene rings is 3. The lowest BCUT2D eigenvalue weighted by Gasteiger charge is -2.31. The van der Waals surface area contributed by atoms with Crippen LogP contribution < -0.4 is 5.32 Å². The van der Waals surface area contributed by atoms with Gasteiger partial charge in [-0.3, -0.25) is 10.3 Å². The fourth-order valence-electron chi connectivity index (χ4n) is 3.45. The van der Waals surface area contributed by atoms with Crippen molar-refractivity contribution in [3.8, 4) is 5.75 Å². The highest BCUT2D eigenvalue weighted by molar-refractivity contribution is 6.30. The van der Waals surface area contributed by atoms with E-state index < -0.39 is 0 Å². The second kappa shape index (κ2) is 7.96. The van der Waals surface area contributed by atoms with Crippen LogP contribution in [-0.2, 0) is 0 Å². The SMILES string of the molecule is Cc1ccc(C2=NC(c3ccc(Cl)cc3)NC(c3cc(Cl)ccc3O)C2)cc1. The third-order valence-electron chi connectivity index (χ3n) is 4.98. The molecule has 0 amide bonds. The highest BCUT2D eigenvalue weighted by Crippen LogP contribution is 2.35. The van der Waals surface area contributed by atoms with Crippen molar-refractivity contribution in [1.29, 1.82) is 0 Å². The van der Waals surface area contributed by atoms with Crippen molar-refractivity contribution in [3.63, 3.8) is 0 Å². The maximum atomic E-state index is 10.4. The van der Waals surface area contributed by atoms with E-state index in [1.807, 2.05) is 30.3 Å². The molecule has 0 aliphatic carbocycles. The van der Waals surface area contributed by atoms with Gasteiger partial charge in [0.2, 0.25) is 0 Å². The molecular weight excluding hydrogens is 391 g/mol. The standard InChI is InChI=1S/C23H20Cl2N2O/c1-14-2-4-15(5-3-14)20-13-21(19-12-18(25)10-11-22(19)28)27-23(26-20)16-6-8-17(24)9-7-16/h2-12,21,23,27-28H,13H2,1H3. The maximum absolute atomic E-state index is 10.4. The summed E-state index contributed by atoms with van der Waals surface area (Å²) in [5, 5.41) is 15.2. The summed E-state index contributed by atoms with van der Waals surface area (Å²) in [4.78, 5) is 4.96. The molecule has 0 saturated carbocycles. The molecule has 0 fully saturated rings. The molecule has 2 atom stereocenters. The summed E-state index contributed by atoms with van der Waals surface area (Å²) in [6, 6.07) is 21.0. The summed E-state index contributed by atoms with van der Waals surface area (Å²) < 4.78 is 0. The van der Waals surface area contributed by atoms with Crippen molar-refractivity contribution in [2.24, 2.45) is 4.99 Å². The van der Waals surface area contributed by atoms with E-state index in [9.17, 15) is 5.11 Å². The van der Waals surface area contributed by atoms with Crippen molar-refractivity contribution in [1.82, 2.24) is 5.32 Å². The molecule has 0 radical (unpaired) electrons. The van der Waals surface area contributed by atoms with Gasteiger partial charge in [-0.05, 0) is 48.4 Å². The Kier molecular flexibility index (Phi) is 5.40. The smallest absolute Gasteiger partial charge is 0.126 e. The molecule has 3 nitrogen and oxygen atoms in total. The Morgan fingerprint density at radius 1 is 0.929 bits per heavy atom. The van der Waals surface area contributed by atoms with Crippen LogP contribution in [0.25, 0.3) is 0 Å². The first-order chi connectivity index (χ1) is 13.5. The van der Waals surface area contributed by atoms with Crippen LogP contribution in [0.1, 0.15) is 40.9 Å². The molecule has 0 saturated heterocycles. The molecular formula is C23H20Cl2N2O. The third-order valence-corrected chi connectivity index (χ3v) is 5.46. The number of aryl methyl sites for hydroxylation is 1. The van der Waals surface area contributed by atoms with Crippen molar-refractivity contribution in [2.45, 2.75) is 25.6 Å². The Hall–Kier alpha value is -2.33. The summed E-state index contributed by atoms with van der Waals surface area (Å²) in [5.41, 5.74) is 5.06. The number of rotatable bonds is 3. The molecule has 4 rings (SSSR count). The predicted octanol–water partition coefficient (Wildman–Crippen LogP) is 6.23. The average Bonchev–Trinajstić information content (AvgIpc) is 2.70. The van der Waals surface area contributed by atoms with Gasteiger partial charge in [0, 0.05) is 33.8 Å². The highest BCUT2D eigenvalue weighted by atomic mass is 35.5. The lowest BCUT2D eigenvalue weighted by molar-refractivity contribution is 0.413. The molecule has 3 aromatic rings. The lowest BCUT2D eigenvalue weighted by Crippen LogP contribution is -2.33. The lowest BCUT2D eigenvalue weighted by atomic mass is 9.93. The number of nitrogens with one attached hydrogen (secondary N) is 1. The molecule has 5 heteroatoms. The minimum absolute atomic E-state index is 0.117. The highest BCUT2D eigenvalue weighted by Gasteiger charge is 2.27. The van der Waals surface area contributed by atoms with Crippen LogP contribution in [0.4, 0.5) is 0 Å². The fourth-order valence-corrected chi connectivity index (χ4v) is 3.75. The first kappa shape index (κ1) is 19.0. The normalized spacial score (nSPS) is 19.3. The summed E-state index contributed by atoms with van der Waals surface area (Å²) >= 11 is 12.2. The van der Waals surface area contributed by atoms with Gasteiger partial charge in [-0.15, -0.1) is 0 Å².